The predicted molar refractivity (Wildman–Crippen MR) is 68.7 cm³/mol. The standard InChI is InChI=1S/C13H14N4O/c14-12-10-7-17(6-9-4-2-1-3-5-9)8-11(10)15-13(18)16-12/h1-5H,6-8H2,(H3,14,15,16,18). The number of H-pyrrole nitrogens is 1. The molecular weight excluding hydrogens is 228 g/mol. The van der Waals surface area contributed by atoms with Crippen molar-refractivity contribution in [2.45, 2.75) is 19.6 Å². The van der Waals surface area contributed by atoms with Gasteiger partial charge in [0.1, 0.15) is 5.82 Å². The van der Waals surface area contributed by atoms with Crippen LogP contribution in [-0.4, -0.2) is 14.9 Å². The molecule has 0 saturated carbocycles. The lowest BCUT2D eigenvalue weighted by molar-refractivity contribution is 0.274. The first-order valence-corrected chi connectivity index (χ1v) is 5.86. The molecule has 92 valence electrons. The second kappa shape index (κ2) is 4.27. The minimum absolute atomic E-state index is 0.351. The van der Waals surface area contributed by atoms with Gasteiger partial charge in [0, 0.05) is 30.9 Å². The van der Waals surface area contributed by atoms with E-state index in [2.05, 4.69) is 27.0 Å². The Balaban J connectivity index is 1.81. The second-order valence-electron chi connectivity index (χ2n) is 4.52. The third kappa shape index (κ3) is 2.00. The number of aromatic amines is 1. The zero-order valence-corrected chi connectivity index (χ0v) is 9.89. The summed E-state index contributed by atoms with van der Waals surface area (Å²) in [5, 5.41) is 0. The highest BCUT2D eigenvalue weighted by Crippen LogP contribution is 2.24. The van der Waals surface area contributed by atoms with Gasteiger partial charge in [-0.2, -0.15) is 4.98 Å². The number of nitrogens with zero attached hydrogens (tertiary/aromatic N) is 2. The van der Waals surface area contributed by atoms with E-state index in [0.29, 0.717) is 12.4 Å². The normalized spacial score (nSPS) is 14.7. The summed E-state index contributed by atoms with van der Waals surface area (Å²) >= 11 is 0. The van der Waals surface area contributed by atoms with Crippen LogP contribution in [0.25, 0.3) is 0 Å². The predicted octanol–water partition coefficient (Wildman–Crippen LogP) is 0.868. The maximum atomic E-state index is 11.2. The quantitative estimate of drug-likeness (QED) is 0.819. The molecule has 1 aliphatic heterocycles. The molecule has 2 heterocycles. The molecule has 1 aromatic carbocycles. The maximum Gasteiger partial charge on any atom is 0.347 e. The smallest absolute Gasteiger partial charge is 0.347 e. The zero-order chi connectivity index (χ0) is 12.5. The lowest BCUT2D eigenvalue weighted by Crippen LogP contribution is -2.16. The summed E-state index contributed by atoms with van der Waals surface area (Å²) in [7, 11) is 0. The average Bonchev–Trinajstić information content (AvgIpc) is 2.73. The maximum absolute atomic E-state index is 11.2. The summed E-state index contributed by atoms with van der Waals surface area (Å²) in [5.74, 6) is 0.351. The highest BCUT2D eigenvalue weighted by Gasteiger charge is 2.22. The molecule has 0 bridgehead atoms. The molecule has 1 aromatic heterocycles. The van der Waals surface area contributed by atoms with Crippen LogP contribution in [0.5, 0.6) is 0 Å². The van der Waals surface area contributed by atoms with Crippen molar-refractivity contribution in [2.75, 3.05) is 5.73 Å². The minimum Gasteiger partial charge on any atom is -0.383 e. The molecular formula is C13H14N4O. The molecule has 5 nitrogen and oxygen atoms in total. The molecule has 0 fully saturated rings. The third-order valence-corrected chi connectivity index (χ3v) is 3.17. The fraction of sp³-hybridized carbons (Fsp3) is 0.231. The van der Waals surface area contributed by atoms with Crippen molar-refractivity contribution >= 4 is 5.82 Å². The molecule has 0 saturated heterocycles. The van der Waals surface area contributed by atoms with Crippen molar-refractivity contribution in [3.8, 4) is 0 Å². The van der Waals surface area contributed by atoms with E-state index < -0.39 is 0 Å². The van der Waals surface area contributed by atoms with Crippen molar-refractivity contribution in [1.82, 2.24) is 14.9 Å². The van der Waals surface area contributed by atoms with E-state index in [9.17, 15) is 4.79 Å². The van der Waals surface area contributed by atoms with Gasteiger partial charge in [-0.25, -0.2) is 4.79 Å². The SMILES string of the molecule is Nc1nc(=O)[nH]c2c1CN(Cc1ccccc1)C2. The first kappa shape index (κ1) is 11.0. The van der Waals surface area contributed by atoms with E-state index in [4.69, 9.17) is 5.73 Å². The number of hydrogen-bond acceptors (Lipinski definition) is 4. The van der Waals surface area contributed by atoms with Gasteiger partial charge in [0.2, 0.25) is 0 Å². The van der Waals surface area contributed by atoms with Crippen LogP contribution < -0.4 is 11.4 Å². The van der Waals surface area contributed by atoms with Gasteiger partial charge in [-0.3, -0.25) is 4.90 Å². The second-order valence-corrected chi connectivity index (χ2v) is 4.52. The van der Waals surface area contributed by atoms with Gasteiger partial charge in [-0.15, -0.1) is 0 Å². The topological polar surface area (TPSA) is 75.0 Å². The van der Waals surface area contributed by atoms with Crippen LogP contribution in [0.1, 0.15) is 16.8 Å². The van der Waals surface area contributed by atoms with Crippen LogP contribution in [0.3, 0.4) is 0 Å². The zero-order valence-electron chi connectivity index (χ0n) is 9.89. The molecule has 1 aliphatic rings. The number of anilines is 1. The molecule has 0 aliphatic carbocycles. The van der Waals surface area contributed by atoms with Crippen molar-refractivity contribution in [2.24, 2.45) is 0 Å². The Labute approximate surface area is 104 Å². The molecule has 0 atom stereocenters. The monoisotopic (exact) mass is 242 g/mol. The van der Waals surface area contributed by atoms with Gasteiger partial charge in [0.05, 0.1) is 0 Å². The van der Waals surface area contributed by atoms with Gasteiger partial charge in [0.25, 0.3) is 0 Å². The Kier molecular flexibility index (Phi) is 2.60. The molecule has 0 spiro atoms. The number of nitrogens with one attached hydrogen (secondary N) is 1. The highest BCUT2D eigenvalue weighted by atomic mass is 16.1. The van der Waals surface area contributed by atoms with Gasteiger partial charge >= 0.3 is 5.69 Å². The van der Waals surface area contributed by atoms with Crippen LogP contribution in [-0.2, 0) is 19.6 Å². The van der Waals surface area contributed by atoms with Gasteiger partial charge in [-0.1, -0.05) is 30.3 Å². The number of hydrogen-bond donors (Lipinski definition) is 2. The molecule has 2 aromatic rings. The summed E-state index contributed by atoms with van der Waals surface area (Å²) < 4.78 is 0. The number of nitrogens with two attached hydrogens (primary N) is 1. The Hall–Kier alpha value is -2.14. The number of rotatable bonds is 2. The molecule has 18 heavy (non-hydrogen) atoms. The van der Waals surface area contributed by atoms with Gasteiger partial charge in [-0.05, 0) is 5.56 Å². The number of fused-ring (bicyclic) bond motifs is 1. The van der Waals surface area contributed by atoms with E-state index >= 15 is 0 Å². The van der Waals surface area contributed by atoms with E-state index in [-0.39, 0.29) is 5.69 Å². The number of aromatic nitrogens is 2. The van der Waals surface area contributed by atoms with E-state index in [1.165, 1.54) is 5.56 Å². The first-order chi connectivity index (χ1) is 8.72. The summed E-state index contributed by atoms with van der Waals surface area (Å²) in [4.78, 5) is 20.0. The lowest BCUT2D eigenvalue weighted by Gasteiger charge is -2.14. The Morgan fingerprint density at radius 1 is 1.28 bits per heavy atom. The molecule has 0 radical (unpaired) electrons. The Morgan fingerprint density at radius 2 is 2.06 bits per heavy atom. The summed E-state index contributed by atoms with van der Waals surface area (Å²) in [5.41, 5.74) is 8.49. The van der Waals surface area contributed by atoms with Crippen LogP contribution in [0, 0.1) is 0 Å². The van der Waals surface area contributed by atoms with Crippen molar-refractivity contribution in [1.29, 1.82) is 0 Å². The highest BCUT2D eigenvalue weighted by molar-refractivity contribution is 5.43. The molecule has 0 amide bonds. The summed E-state index contributed by atoms with van der Waals surface area (Å²) in [6.07, 6.45) is 0. The van der Waals surface area contributed by atoms with E-state index in [1.807, 2.05) is 18.2 Å². The molecule has 3 rings (SSSR count). The summed E-state index contributed by atoms with van der Waals surface area (Å²) in [6, 6.07) is 10.2. The lowest BCUT2D eigenvalue weighted by atomic mass is 10.2. The van der Waals surface area contributed by atoms with Gasteiger partial charge in [0.15, 0.2) is 0 Å². The van der Waals surface area contributed by atoms with Crippen LogP contribution in [0.15, 0.2) is 35.1 Å². The number of benzene rings is 1. The largest absolute Gasteiger partial charge is 0.383 e. The van der Waals surface area contributed by atoms with Crippen LogP contribution in [0.4, 0.5) is 5.82 Å². The first-order valence-electron chi connectivity index (χ1n) is 5.86. The van der Waals surface area contributed by atoms with Crippen LogP contribution in [0.2, 0.25) is 0 Å². The molecule has 3 N–H and O–H groups in total. The van der Waals surface area contributed by atoms with E-state index in [1.54, 1.807) is 0 Å². The summed E-state index contributed by atoms with van der Waals surface area (Å²) in [6.45, 7) is 2.29. The molecule has 5 heteroatoms. The number of nitrogen functional groups attached to an aromatic ring is 1. The van der Waals surface area contributed by atoms with Crippen molar-refractivity contribution in [3.05, 3.63) is 57.6 Å². The van der Waals surface area contributed by atoms with Crippen LogP contribution >= 0.6 is 0 Å². The Morgan fingerprint density at radius 3 is 2.83 bits per heavy atom. The van der Waals surface area contributed by atoms with Gasteiger partial charge < -0.3 is 10.7 Å². The Bertz CT molecular complexity index is 621. The van der Waals surface area contributed by atoms with Crippen molar-refractivity contribution < 1.29 is 0 Å². The van der Waals surface area contributed by atoms with E-state index in [0.717, 1.165) is 24.3 Å². The fourth-order valence-corrected chi connectivity index (χ4v) is 2.33. The molecule has 0 unspecified atom stereocenters. The third-order valence-electron chi connectivity index (χ3n) is 3.17. The van der Waals surface area contributed by atoms with Crippen molar-refractivity contribution in [3.63, 3.8) is 0 Å². The minimum atomic E-state index is -0.368. The average molecular weight is 242 g/mol. The fourth-order valence-electron chi connectivity index (χ4n) is 2.33.